The number of halogens is 1. The molecule has 0 aliphatic carbocycles. The smallest absolute Gasteiger partial charge is 0.348 e. The Morgan fingerprint density at radius 3 is 2.76 bits per heavy atom. The summed E-state index contributed by atoms with van der Waals surface area (Å²) in [5.74, 6) is -0.611. The van der Waals surface area contributed by atoms with Crippen molar-refractivity contribution in [1.82, 2.24) is 0 Å². The SMILES string of the molecule is CCOC(=O)C(C#N)=Cc1ccc(N2CCC(Cl)=N2)cc1. The highest BCUT2D eigenvalue weighted by molar-refractivity contribution is 6.65. The highest BCUT2D eigenvalue weighted by atomic mass is 35.5. The molecular weight excluding hydrogens is 290 g/mol. The van der Waals surface area contributed by atoms with E-state index in [1.807, 2.05) is 35.3 Å². The third kappa shape index (κ3) is 3.83. The molecule has 1 aliphatic rings. The Labute approximate surface area is 128 Å². The highest BCUT2D eigenvalue weighted by Gasteiger charge is 2.14. The van der Waals surface area contributed by atoms with E-state index in [1.165, 1.54) is 6.08 Å². The van der Waals surface area contributed by atoms with E-state index in [-0.39, 0.29) is 12.2 Å². The van der Waals surface area contributed by atoms with Crippen LogP contribution in [0.3, 0.4) is 0 Å². The topological polar surface area (TPSA) is 65.7 Å². The predicted molar refractivity (Wildman–Crippen MR) is 81.9 cm³/mol. The van der Waals surface area contributed by atoms with Crippen LogP contribution in [0.25, 0.3) is 6.08 Å². The molecule has 0 spiro atoms. The van der Waals surface area contributed by atoms with Gasteiger partial charge in [0.2, 0.25) is 0 Å². The van der Waals surface area contributed by atoms with Gasteiger partial charge >= 0.3 is 5.97 Å². The van der Waals surface area contributed by atoms with Crippen molar-refractivity contribution in [2.75, 3.05) is 18.2 Å². The molecule has 0 amide bonds. The standard InChI is InChI=1S/C15H14ClN3O2/c1-2-21-15(20)12(10-17)9-11-3-5-13(6-4-11)19-8-7-14(16)18-19/h3-6,9H,2,7-8H2,1H3. The van der Waals surface area contributed by atoms with E-state index in [2.05, 4.69) is 5.10 Å². The summed E-state index contributed by atoms with van der Waals surface area (Å²) in [5.41, 5.74) is 1.64. The molecule has 5 nitrogen and oxygen atoms in total. The fourth-order valence-electron chi connectivity index (χ4n) is 1.87. The Balaban J connectivity index is 2.15. The van der Waals surface area contributed by atoms with Gasteiger partial charge in [0.05, 0.1) is 12.3 Å². The Hall–Kier alpha value is -2.32. The lowest BCUT2D eigenvalue weighted by molar-refractivity contribution is -0.137. The largest absolute Gasteiger partial charge is 0.462 e. The van der Waals surface area contributed by atoms with Crippen LogP contribution in [-0.4, -0.2) is 24.3 Å². The molecule has 21 heavy (non-hydrogen) atoms. The summed E-state index contributed by atoms with van der Waals surface area (Å²) in [5, 5.41) is 15.6. The first-order valence-corrected chi connectivity index (χ1v) is 6.91. The molecule has 0 fully saturated rings. The van der Waals surface area contributed by atoms with E-state index < -0.39 is 5.97 Å². The lowest BCUT2D eigenvalue weighted by Crippen LogP contribution is -2.11. The number of carbonyl (C=O) groups excluding carboxylic acids is 1. The zero-order valence-electron chi connectivity index (χ0n) is 11.5. The van der Waals surface area contributed by atoms with Crippen LogP contribution >= 0.6 is 11.6 Å². The molecule has 0 unspecified atom stereocenters. The lowest BCUT2D eigenvalue weighted by atomic mass is 10.1. The van der Waals surface area contributed by atoms with Crippen LogP contribution in [-0.2, 0) is 9.53 Å². The maximum atomic E-state index is 11.5. The first-order valence-electron chi connectivity index (χ1n) is 6.53. The van der Waals surface area contributed by atoms with Crippen molar-refractivity contribution >= 4 is 34.5 Å². The van der Waals surface area contributed by atoms with Gasteiger partial charge in [-0.05, 0) is 30.7 Å². The number of rotatable bonds is 4. The summed E-state index contributed by atoms with van der Waals surface area (Å²) in [7, 11) is 0. The van der Waals surface area contributed by atoms with Crippen LogP contribution < -0.4 is 5.01 Å². The van der Waals surface area contributed by atoms with Gasteiger partial charge in [0.1, 0.15) is 16.8 Å². The summed E-state index contributed by atoms with van der Waals surface area (Å²) < 4.78 is 4.81. The maximum absolute atomic E-state index is 11.5. The summed E-state index contributed by atoms with van der Waals surface area (Å²) in [6.07, 6.45) is 2.24. The molecule has 6 heteroatoms. The average Bonchev–Trinajstić information content (AvgIpc) is 2.92. The number of nitriles is 1. The van der Waals surface area contributed by atoms with E-state index >= 15 is 0 Å². The zero-order chi connectivity index (χ0) is 15.2. The Morgan fingerprint density at radius 1 is 1.52 bits per heavy atom. The van der Waals surface area contributed by atoms with Crippen molar-refractivity contribution in [2.45, 2.75) is 13.3 Å². The van der Waals surface area contributed by atoms with E-state index in [1.54, 1.807) is 6.92 Å². The third-order valence-corrected chi connectivity index (χ3v) is 3.14. The van der Waals surface area contributed by atoms with Gasteiger partial charge in [0.15, 0.2) is 0 Å². The molecular formula is C15H14ClN3O2. The normalized spacial score (nSPS) is 14.6. The molecule has 0 saturated heterocycles. The second kappa shape index (κ2) is 6.91. The monoisotopic (exact) mass is 303 g/mol. The first-order chi connectivity index (χ1) is 10.1. The number of anilines is 1. The van der Waals surface area contributed by atoms with Gasteiger partial charge in [-0.3, -0.25) is 5.01 Å². The summed E-state index contributed by atoms with van der Waals surface area (Å²) in [6.45, 7) is 2.69. The van der Waals surface area contributed by atoms with Crippen molar-refractivity contribution in [2.24, 2.45) is 5.10 Å². The Morgan fingerprint density at radius 2 is 2.24 bits per heavy atom. The average molecular weight is 304 g/mol. The minimum absolute atomic E-state index is 0.0214. The first kappa shape index (κ1) is 15.1. The molecule has 0 N–H and O–H groups in total. The quantitative estimate of drug-likeness (QED) is 0.487. The van der Waals surface area contributed by atoms with E-state index in [9.17, 15) is 4.79 Å². The molecule has 1 aromatic carbocycles. The lowest BCUT2D eigenvalue weighted by Gasteiger charge is -2.13. The van der Waals surface area contributed by atoms with Gasteiger partial charge in [-0.25, -0.2) is 4.79 Å². The molecule has 2 rings (SSSR count). The van der Waals surface area contributed by atoms with E-state index in [0.29, 0.717) is 5.17 Å². The summed E-state index contributed by atoms with van der Waals surface area (Å²) in [4.78, 5) is 11.5. The maximum Gasteiger partial charge on any atom is 0.348 e. The van der Waals surface area contributed by atoms with Crippen molar-refractivity contribution in [3.05, 3.63) is 35.4 Å². The number of ether oxygens (including phenoxy) is 1. The minimum atomic E-state index is -0.611. The Bertz CT molecular complexity index is 629. The molecule has 0 saturated carbocycles. The van der Waals surface area contributed by atoms with Crippen molar-refractivity contribution in [3.8, 4) is 6.07 Å². The molecule has 108 valence electrons. The van der Waals surface area contributed by atoms with Gasteiger partial charge in [-0.15, -0.1) is 0 Å². The molecule has 1 aromatic rings. The fraction of sp³-hybridized carbons (Fsp3) is 0.267. The van der Waals surface area contributed by atoms with Crippen LogP contribution in [0.2, 0.25) is 0 Å². The zero-order valence-corrected chi connectivity index (χ0v) is 12.3. The third-order valence-electron chi connectivity index (χ3n) is 2.88. The van der Waals surface area contributed by atoms with Crippen LogP contribution in [0.15, 0.2) is 34.9 Å². The second-order valence-corrected chi connectivity index (χ2v) is 4.77. The molecule has 0 radical (unpaired) electrons. The number of esters is 1. The second-order valence-electron chi connectivity index (χ2n) is 4.33. The van der Waals surface area contributed by atoms with Crippen molar-refractivity contribution in [1.29, 1.82) is 5.26 Å². The van der Waals surface area contributed by atoms with Crippen LogP contribution in [0.1, 0.15) is 18.9 Å². The number of hydrazone groups is 1. The summed E-state index contributed by atoms with van der Waals surface area (Å²) >= 11 is 5.85. The molecule has 1 aliphatic heterocycles. The highest BCUT2D eigenvalue weighted by Crippen LogP contribution is 2.21. The Kier molecular flexibility index (Phi) is 4.96. The number of hydrogen-bond donors (Lipinski definition) is 0. The van der Waals surface area contributed by atoms with Gasteiger partial charge in [-0.2, -0.15) is 10.4 Å². The number of carbonyl (C=O) groups is 1. The van der Waals surface area contributed by atoms with Crippen molar-refractivity contribution in [3.63, 3.8) is 0 Å². The van der Waals surface area contributed by atoms with Gasteiger partial charge in [0.25, 0.3) is 0 Å². The predicted octanol–water partition coefficient (Wildman–Crippen LogP) is 2.92. The number of hydrogen-bond acceptors (Lipinski definition) is 5. The number of nitrogens with zero attached hydrogens (tertiary/aromatic N) is 3. The van der Waals surface area contributed by atoms with E-state index in [0.717, 1.165) is 24.2 Å². The van der Waals surface area contributed by atoms with Gasteiger partial charge in [-0.1, -0.05) is 23.7 Å². The van der Waals surface area contributed by atoms with Crippen molar-refractivity contribution < 1.29 is 9.53 Å². The minimum Gasteiger partial charge on any atom is -0.462 e. The van der Waals surface area contributed by atoms with Crippen LogP contribution in [0.5, 0.6) is 0 Å². The number of benzene rings is 1. The van der Waals surface area contributed by atoms with E-state index in [4.69, 9.17) is 21.6 Å². The summed E-state index contributed by atoms with van der Waals surface area (Å²) in [6, 6.07) is 9.21. The molecule has 0 bridgehead atoms. The van der Waals surface area contributed by atoms with Crippen LogP contribution in [0.4, 0.5) is 5.69 Å². The molecule has 1 heterocycles. The van der Waals surface area contributed by atoms with Crippen LogP contribution in [0, 0.1) is 11.3 Å². The fourth-order valence-corrected chi connectivity index (χ4v) is 2.05. The molecule has 0 aromatic heterocycles. The van der Waals surface area contributed by atoms with Gasteiger partial charge in [0, 0.05) is 13.0 Å². The van der Waals surface area contributed by atoms with Gasteiger partial charge < -0.3 is 4.74 Å². The molecule has 0 atom stereocenters.